The molecule has 74 valence electrons. The molecule has 0 amide bonds. The number of H-pyrrole nitrogens is 1. The maximum atomic E-state index is 6.22. The van der Waals surface area contributed by atoms with Crippen LogP contribution >= 0.6 is 11.6 Å². The zero-order valence-corrected chi connectivity index (χ0v) is 8.67. The van der Waals surface area contributed by atoms with Gasteiger partial charge in [0.1, 0.15) is 0 Å². The second-order valence-electron chi connectivity index (χ2n) is 3.31. The van der Waals surface area contributed by atoms with Crippen LogP contribution in [0.25, 0.3) is 10.9 Å². The Labute approximate surface area is 87.2 Å². The molecule has 0 aliphatic carbocycles. The van der Waals surface area contributed by atoms with Gasteiger partial charge in [-0.15, -0.1) is 0 Å². The zero-order chi connectivity index (χ0) is 10.1. The number of aromatic nitrogens is 2. The van der Waals surface area contributed by atoms with Crippen LogP contribution in [0.5, 0.6) is 0 Å². The summed E-state index contributed by atoms with van der Waals surface area (Å²) in [4.78, 5) is 0. The summed E-state index contributed by atoms with van der Waals surface area (Å²) in [6, 6.07) is 3.91. The minimum atomic E-state index is 0.00167. The Morgan fingerprint density at radius 3 is 3.07 bits per heavy atom. The molecule has 0 fully saturated rings. The number of fused-ring (bicyclic) bond motifs is 1. The molecule has 0 radical (unpaired) electrons. The highest BCUT2D eigenvalue weighted by atomic mass is 35.5. The highest BCUT2D eigenvalue weighted by Crippen LogP contribution is 2.30. The summed E-state index contributed by atoms with van der Waals surface area (Å²) in [7, 11) is 0. The smallest absolute Gasteiger partial charge is 0.0665 e. The molecule has 3 N–H and O–H groups in total. The van der Waals surface area contributed by atoms with E-state index >= 15 is 0 Å². The van der Waals surface area contributed by atoms with Crippen molar-refractivity contribution in [1.29, 1.82) is 0 Å². The second-order valence-corrected chi connectivity index (χ2v) is 3.69. The van der Waals surface area contributed by atoms with Crippen molar-refractivity contribution in [1.82, 2.24) is 10.2 Å². The van der Waals surface area contributed by atoms with E-state index in [1.165, 1.54) is 0 Å². The maximum absolute atomic E-state index is 6.22. The average molecular weight is 210 g/mol. The second kappa shape index (κ2) is 3.59. The highest BCUT2D eigenvalue weighted by molar-refractivity contribution is 6.36. The summed E-state index contributed by atoms with van der Waals surface area (Å²) >= 11 is 6.22. The average Bonchev–Trinajstić information content (AvgIpc) is 2.66. The number of nitrogens with one attached hydrogen (secondary N) is 1. The Kier molecular flexibility index (Phi) is 2.44. The summed E-state index contributed by atoms with van der Waals surface area (Å²) in [6.07, 6.45) is 2.60. The van der Waals surface area contributed by atoms with E-state index in [1.807, 2.05) is 19.1 Å². The van der Waals surface area contributed by atoms with Gasteiger partial charge in [0.2, 0.25) is 0 Å². The number of halogens is 1. The minimum absolute atomic E-state index is 0.00167. The summed E-state index contributed by atoms with van der Waals surface area (Å²) < 4.78 is 0. The summed E-state index contributed by atoms with van der Waals surface area (Å²) in [6.45, 7) is 2.04. The molecule has 4 heteroatoms. The van der Waals surface area contributed by atoms with Crippen LogP contribution in [0.4, 0.5) is 0 Å². The standard InChI is InChI=1S/C10H12ClN3/c1-2-8(12)6-3-4-9-7(10(6)11)5-13-14-9/h3-5,8H,2,12H2,1H3,(H,13,14). The molecular formula is C10H12ClN3. The van der Waals surface area contributed by atoms with Gasteiger partial charge in [-0.05, 0) is 18.1 Å². The van der Waals surface area contributed by atoms with Gasteiger partial charge in [-0.25, -0.2) is 0 Å². The third-order valence-electron chi connectivity index (χ3n) is 2.43. The Morgan fingerprint density at radius 2 is 2.36 bits per heavy atom. The normalized spacial score (nSPS) is 13.4. The summed E-state index contributed by atoms with van der Waals surface area (Å²) in [5.74, 6) is 0. The van der Waals surface area contributed by atoms with E-state index in [-0.39, 0.29) is 6.04 Å². The molecule has 0 bridgehead atoms. The van der Waals surface area contributed by atoms with Crippen molar-refractivity contribution in [3.05, 3.63) is 28.9 Å². The molecule has 0 saturated heterocycles. The molecule has 0 aliphatic rings. The Balaban J connectivity index is 2.61. The first-order valence-electron chi connectivity index (χ1n) is 4.61. The van der Waals surface area contributed by atoms with Crippen molar-refractivity contribution >= 4 is 22.5 Å². The van der Waals surface area contributed by atoms with Gasteiger partial charge in [0, 0.05) is 11.4 Å². The molecule has 1 heterocycles. The number of aromatic amines is 1. The van der Waals surface area contributed by atoms with E-state index in [0.29, 0.717) is 5.02 Å². The molecule has 0 saturated carbocycles. The third kappa shape index (κ3) is 1.38. The van der Waals surface area contributed by atoms with Gasteiger partial charge < -0.3 is 5.73 Å². The van der Waals surface area contributed by atoms with Gasteiger partial charge in [0.15, 0.2) is 0 Å². The van der Waals surface area contributed by atoms with Crippen molar-refractivity contribution in [3.8, 4) is 0 Å². The number of nitrogens with zero attached hydrogens (tertiary/aromatic N) is 1. The van der Waals surface area contributed by atoms with Crippen molar-refractivity contribution in [3.63, 3.8) is 0 Å². The van der Waals surface area contributed by atoms with Gasteiger partial charge in [-0.3, -0.25) is 5.10 Å². The van der Waals surface area contributed by atoms with Crippen molar-refractivity contribution in [2.24, 2.45) is 5.73 Å². The lowest BCUT2D eigenvalue weighted by molar-refractivity contribution is 0.700. The van der Waals surface area contributed by atoms with Crippen LogP contribution in [0.15, 0.2) is 18.3 Å². The van der Waals surface area contributed by atoms with E-state index in [2.05, 4.69) is 10.2 Å². The molecule has 1 atom stereocenters. The van der Waals surface area contributed by atoms with Crippen LogP contribution in [0.3, 0.4) is 0 Å². The van der Waals surface area contributed by atoms with Crippen molar-refractivity contribution < 1.29 is 0 Å². The van der Waals surface area contributed by atoms with Crippen LogP contribution < -0.4 is 5.73 Å². The van der Waals surface area contributed by atoms with Crippen molar-refractivity contribution in [2.45, 2.75) is 19.4 Å². The largest absolute Gasteiger partial charge is 0.324 e. The Morgan fingerprint density at radius 1 is 1.57 bits per heavy atom. The van der Waals surface area contributed by atoms with Crippen molar-refractivity contribution in [2.75, 3.05) is 0 Å². The molecule has 0 aliphatic heterocycles. The molecule has 2 rings (SSSR count). The lowest BCUT2D eigenvalue weighted by atomic mass is 10.0. The number of benzene rings is 1. The predicted octanol–water partition coefficient (Wildman–Crippen LogP) is 2.63. The van der Waals surface area contributed by atoms with Gasteiger partial charge in [-0.2, -0.15) is 5.10 Å². The molecule has 1 aromatic carbocycles. The van der Waals surface area contributed by atoms with Gasteiger partial charge in [-0.1, -0.05) is 24.6 Å². The van der Waals surface area contributed by atoms with E-state index in [0.717, 1.165) is 22.9 Å². The fraction of sp³-hybridized carbons (Fsp3) is 0.300. The van der Waals surface area contributed by atoms with E-state index < -0.39 is 0 Å². The van der Waals surface area contributed by atoms with Gasteiger partial charge in [0.05, 0.1) is 16.7 Å². The third-order valence-corrected chi connectivity index (χ3v) is 2.85. The Bertz CT molecular complexity index is 450. The quantitative estimate of drug-likeness (QED) is 0.799. The zero-order valence-electron chi connectivity index (χ0n) is 7.92. The topological polar surface area (TPSA) is 54.7 Å². The molecule has 1 aromatic heterocycles. The fourth-order valence-electron chi connectivity index (χ4n) is 1.51. The lowest BCUT2D eigenvalue weighted by Crippen LogP contribution is -2.09. The lowest BCUT2D eigenvalue weighted by Gasteiger charge is -2.11. The molecule has 14 heavy (non-hydrogen) atoms. The fourth-order valence-corrected chi connectivity index (χ4v) is 1.86. The number of hydrogen-bond acceptors (Lipinski definition) is 2. The first kappa shape index (κ1) is 9.49. The van der Waals surface area contributed by atoms with Crippen LogP contribution in [0.2, 0.25) is 5.02 Å². The number of hydrogen-bond donors (Lipinski definition) is 2. The molecular weight excluding hydrogens is 198 g/mol. The highest BCUT2D eigenvalue weighted by Gasteiger charge is 2.11. The number of rotatable bonds is 2. The summed E-state index contributed by atoms with van der Waals surface area (Å²) in [5.41, 5.74) is 7.88. The van der Waals surface area contributed by atoms with Crippen LogP contribution in [-0.2, 0) is 0 Å². The Hall–Kier alpha value is -1.06. The van der Waals surface area contributed by atoms with Crippen LogP contribution in [-0.4, -0.2) is 10.2 Å². The minimum Gasteiger partial charge on any atom is -0.324 e. The SMILES string of the molecule is CCC(N)c1ccc2[nH]ncc2c1Cl. The first-order chi connectivity index (χ1) is 6.74. The van der Waals surface area contributed by atoms with Crippen LogP contribution in [0.1, 0.15) is 24.9 Å². The molecule has 3 nitrogen and oxygen atoms in total. The first-order valence-corrected chi connectivity index (χ1v) is 4.99. The van der Waals surface area contributed by atoms with Gasteiger partial charge in [0.25, 0.3) is 0 Å². The van der Waals surface area contributed by atoms with E-state index in [4.69, 9.17) is 17.3 Å². The molecule has 2 aromatic rings. The maximum Gasteiger partial charge on any atom is 0.0665 e. The van der Waals surface area contributed by atoms with Crippen LogP contribution in [0, 0.1) is 0 Å². The van der Waals surface area contributed by atoms with E-state index in [1.54, 1.807) is 6.20 Å². The van der Waals surface area contributed by atoms with Gasteiger partial charge >= 0.3 is 0 Å². The molecule has 1 unspecified atom stereocenters. The monoisotopic (exact) mass is 209 g/mol. The molecule has 0 spiro atoms. The summed E-state index contributed by atoms with van der Waals surface area (Å²) in [5, 5.41) is 8.46. The van der Waals surface area contributed by atoms with E-state index in [9.17, 15) is 0 Å². The number of nitrogens with two attached hydrogens (primary N) is 1. The predicted molar refractivity (Wildman–Crippen MR) is 58.3 cm³/mol.